The number of anilines is 1. The topological polar surface area (TPSA) is 27.0 Å². The van der Waals surface area contributed by atoms with Crippen LogP contribution in [-0.2, 0) is 0 Å². The van der Waals surface area contributed by atoms with E-state index in [-0.39, 0.29) is 11.3 Å². The first-order valence-corrected chi connectivity index (χ1v) is 6.33. The van der Waals surface area contributed by atoms with E-state index in [1.54, 1.807) is 11.8 Å². The molecule has 0 aliphatic carbocycles. The SMILES string of the molecule is Cc1cc2c(cc1C)N(C)C(C)C(C#N)S2. The molecular weight excluding hydrogens is 216 g/mol. The molecule has 0 spiro atoms. The minimum atomic E-state index is 0.0274. The minimum Gasteiger partial charge on any atom is -0.369 e. The van der Waals surface area contributed by atoms with Gasteiger partial charge >= 0.3 is 0 Å². The van der Waals surface area contributed by atoms with E-state index in [0.29, 0.717) is 0 Å². The lowest BCUT2D eigenvalue weighted by molar-refractivity contribution is 0.697. The highest BCUT2D eigenvalue weighted by Crippen LogP contribution is 2.41. The van der Waals surface area contributed by atoms with Crippen molar-refractivity contribution in [2.24, 2.45) is 0 Å². The van der Waals surface area contributed by atoms with Gasteiger partial charge in [-0.3, -0.25) is 0 Å². The zero-order valence-electron chi connectivity index (χ0n) is 10.1. The van der Waals surface area contributed by atoms with Crippen LogP contribution in [0.5, 0.6) is 0 Å². The Morgan fingerprint density at radius 2 is 1.94 bits per heavy atom. The molecule has 0 saturated heterocycles. The minimum absolute atomic E-state index is 0.0274. The average Bonchev–Trinajstić information content (AvgIpc) is 2.26. The van der Waals surface area contributed by atoms with Crippen LogP contribution in [0.4, 0.5) is 5.69 Å². The number of fused-ring (bicyclic) bond motifs is 1. The van der Waals surface area contributed by atoms with Gasteiger partial charge in [0.1, 0.15) is 5.25 Å². The standard InChI is InChI=1S/C13H16N2S/c1-8-5-11-12(6-9(8)2)16-13(7-14)10(3)15(11)4/h5-6,10,13H,1-4H3. The molecule has 2 rings (SSSR count). The first-order valence-electron chi connectivity index (χ1n) is 5.45. The Kier molecular flexibility index (Phi) is 2.86. The smallest absolute Gasteiger partial charge is 0.116 e. The molecule has 1 heterocycles. The maximum absolute atomic E-state index is 9.13. The van der Waals surface area contributed by atoms with Crippen LogP contribution in [0.15, 0.2) is 17.0 Å². The van der Waals surface area contributed by atoms with Gasteiger partial charge in [-0.15, -0.1) is 11.8 Å². The number of nitrogens with zero attached hydrogens (tertiary/aromatic N) is 2. The quantitative estimate of drug-likeness (QED) is 0.687. The van der Waals surface area contributed by atoms with Crippen molar-refractivity contribution in [2.45, 2.75) is 37.0 Å². The van der Waals surface area contributed by atoms with Gasteiger partial charge in [0, 0.05) is 11.9 Å². The molecule has 0 bridgehead atoms. The van der Waals surface area contributed by atoms with Gasteiger partial charge in [0.25, 0.3) is 0 Å². The highest BCUT2D eigenvalue weighted by atomic mass is 32.2. The number of aryl methyl sites for hydroxylation is 2. The van der Waals surface area contributed by atoms with E-state index in [9.17, 15) is 0 Å². The molecule has 2 atom stereocenters. The zero-order valence-corrected chi connectivity index (χ0v) is 10.9. The van der Waals surface area contributed by atoms with Crippen LogP contribution in [0.1, 0.15) is 18.1 Å². The van der Waals surface area contributed by atoms with E-state index in [2.05, 4.69) is 50.9 Å². The lowest BCUT2D eigenvalue weighted by atomic mass is 10.1. The van der Waals surface area contributed by atoms with Crippen LogP contribution < -0.4 is 4.90 Å². The summed E-state index contributed by atoms with van der Waals surface area (Å²) in [5.74, 6) is 0. The van der Waals surface area contributed by atoms with Crippen LogP contribution in [0.3, 0.4) is 0 Å². The number of nitriles is 1. The third-order valence-corrected chi connectivity index (χ3v) is 4.72. The van der Waals surface area contributed by atoms with Crippen molar-refractivity contribution >= 4 is 17.4 Å². The van der Waals surface area contributed by atoms with Crippen LogP contribution >= 0.6 is 11.8 Å². The molecule has 1 aliphatic rings. The van der Waals surface area contributed by atoms with Crippen molar-refractivity contribution in [3.63, 3.8) is 0 Å². The van der Waals surface area contributed by atoms with Crippen LogP contribution in [-0.4, -0.2) is 18.3 Å². The summed E-state index contributed by atoms with van der Waals surface area (Å²) in [5, 5.41) is 9.16. The van der Waals surface area contributed by atoms with Crippen LogP contribution in [0.25, 0.3) is 0 Å². The summed E-state index contributed by atoms with van der Waals surface area (Å²) in [6.45, 7) is 6.36. The molecule has 0 radical (unpaired) electrons. The highest BCUT2D eigenvalue weighted by molar-refractivity contribution is 8.00. The molecule has 0 aromatic heterocycles. The Morgan fingerprint density at radius 3 is 2.56 bits per heavy atom. The van der Waals surface area contributed by atoms with Gasteiger partial charge < -0.3 is 4.90 Å². The molecule has 1 aromatic carbocycles. The van der Waals surface area contributed by atoms with Crippen molar-refractivity contribution in [3.8, 4) is 6.07 Å². The second-order valence-electron chi connectivity index (χ2n) is 4.42. The molecule has 16 heavy (non-hydrogen) atoms. The molecule has 0 fully saturated rings. The normalized spacial score (nSPS) is 23.8. The molecule has 3 heteroatoms. The molecule has 0 saturated carbocycles. The van der Waals surface area contributed by atoms with Crippen molar-refractivity contribution in [2.75, 3.05) is 11.9 Å². The molecule has 1 aromatic rings. The first kappa shape index (κ1) is 11.3. The van der Waals surface area contributed by atoms with Crippen molar-refractivity contribution in [1.29, 1.82) is 5.26 Å². The summed E-state index contributed by atoms with van der Waals surface area (Å²) in [4.78, 5) is 3.45. The molecule has 2 unspecified atom stereocenters. The summed E-state index contributed by atoms with van der Waals surface area (Å²) in [5.41, 5.74) is 3.87. The molecular formula is C13H16N2S. The van der Waals surface area contributed by atoms with Gasteiger partial charge in [-0.2, -0.15) is 5.26 Å². The highest BCUT2D eigenvalue weighted by Gasteiger charge is 2.30. The summed E-state index contributed by atoms with van der Waals surface area (Å²) >= 11 is 1.69. The third-order valence-electron chi connectivity index (χ3n) is 3.39. The molecule has 84 valence electrons. The van der Waals surface area contributed by atoms with Crippen LogP contribution in [0, 0.1) is 25.2 Å². The maximum Gasteiger partial charge on any atom is 0.116 e. The van der Waals surface area contributed by atoms with Crippen molar-refractivity contribution in [3.05, 3.63) is 23.3 Å². The van der Waals surface area contributed by atoms with E-state index in [1.807, 2.05) is 0 Å². The maximum atomic E-state index is 9.13. The summed E-state index contributed by atoms with van der Waals surface area (Å²) in [6, 6.07) is 7.07. The Hall–Kier alpha value is -1.14. The lowest BCUT2D eigenvalue weighted by Gasteiger charge is -2.36. The number of hydrogen-bond acceptors (Lipinski definition) is 3. The fourth-order valence-corrected chi connectivity index (χ4v) is 3.21. The summed E-state index contributed by atoms with van der Waals surface area (Å²) < 4.78 is 0. The van der Waals surface area contributed by atoms with Crippen LogP contribution in [0.2, 0.25) is 0 Å². The van der Waals surface area contributed by atoms with E-state index < -0.39 is 0 Å². The molecule has 1 aliphatic heterocycles. The summed E-state index contributed by atoms with van der Waals surface area (Å²) in [6.07, 6.45) is 0. The lowest BCUT2D eigenvalue weighted by Crippen LogP contribution is -2.39. The van der Waals surface area contributed by atoms with E-state index in [1.165, 1.54) is 21.7 Å². The predicted molar refractivity (Wildman–Crippen MR) is 69.0 cm³/mol. The number of benzene rings is 1. The van der Waals surface area contributed by atoms with Gasteiger partial charge in [-0.05, 0) is 44.0 Å². The fourth-order valence-electron chi connectivity index (χ4n) is 1.94. The Bertz CT molecular complexity index is 462. The predicted octanol–water partition coefficient (Wildman–Crippen LogP) is 3.13. The van der Waals surface area contributed by atoms with Gasteiger partial charge in [0.05, 0.1) is 17.8 Å². The van der Waals surface area contributed by atoms with Gasteiger partial charge in [0.2, 0.25) is 0 Å². The number of hydrogen-bond donors (Lipinski definition) is 0. The van der Waals surface area contributed by atoms with E-state index in [0.717, 1.165) is 0 Å². The monoisotopic (exact) mass is 232 g/mol. The van der Waals surface area contributed by atoms with Gasteiger partial charge in [-0.25, -0.2) is 0 Å². The van der Waals surface area contributed by atoms with Gasteiger partial charge in [0.15, 0.2) is 0 Å². The number of thioether (sulfide) groups is 1. The Labute approximate surface area is 101 Å². The van der Waals surface area contributed by atoms with Crippen molar-refractivity contribution in [1.82, 2.24) is 0 Å². The second kappa shape index (κ2) is 4.03. The molecule has 0 amide bonds. The molecule has 0 N–H and O–H groups in total. The largest absolute Gasteiger partial charge is 0.369 e. The van der Waals surface area contributed by atoms with Gasteiger partial charge in [-0.1, -0.05) is 0 Å². The number of rotatable bonds is 0. The fraction of sp³-hybridized carbons (Fsp3) is 0.462. The first-order chi connectivity index (χ1) is 7.54. The van der Waals surface area contributed by atoms with E-state index in [4.69, 9.17) is 5.26 Å². The second-order valence-corrected chi connectivity index (χ2v) is 5.61. The third kappa shape index (κ3) is 1.68. The van der Waals surface area contributed by atoms with Crippen molar-refractivity contribution < 1.29 is 0 Å². The summed E-state index contributed by atoms with van der Waals surface area (Å²) in [7, 11) is 2.07. The zero-order chi connectivity index (χ0) is 11.9. The molecule has 2 nitrogen and oxygen atoms in total. The Morgan fingerprint density at radius 1 is 1.31 bits per heavy atom. The average molecular weight is 232 g/mol. The van der Waals surface area contributed by atoms with E-state index >= 15 is 0 Å². The Balaban J connectivity index is 2.51.